The SMILES string of the molecule is C[C@H](O)c1ccccc1OCC1CSc2ccccc21. The predicted octanol–water partition coefficient (Wildman–Crippen LogP) is 4.01. The van der Waals surface area contributed by atoms with E-state index < -0.39 is 6.10 Å². The van der Waals surface area contributed by atoms with Crippen molar-refractivity contribution in [2.45, 2.75) is 23.8 Å². The monoisotopic (exact) mass is 286 g/mol. The van der Waals surface area contributed by atoms with Gasteiger partial charge in [0, 0.05) is 22.1 Å². The molecule has 1 aliphatic rings. The van der Waals surface area contributed by atoms with Gasteiger partial charge in [0.05, 0.1) is 12.7 Å². The Morgan fingerprint density at radius 1 is 1.20 bits per heavy atom. The molecule has 0 radical (unpaired) electrons. The van der Waals surface area contributed by atoms with Crippen LogP contribution in [0.25, 0.3) is 0 Å². The Labute approximate surface area is 123 Å². The van der Waals surface area contributed by atoms with Gasteiger partial charge in [0.1, 0.15) is 5.75 Å². The van der Waals surface area contributed by atoms with Gasteiger partial charge in [-0.25, -0.2) is 0 Å². The van der Waals surface area contributed by atoms with E-state index in [2.05, 4.69) is 24.3 Å². The van der Waals surface area contributed by atoms with Gasteiger partial charge in [-0.3, -0.25) is 0 Å². The van der Waals surface area contributed by atoms with Crippen molar-refractivity contribution in [3.8, 4) is 5.75 Å². The Morgan fingerprint density at radius 2 is 1.95 bits per heavy atom. The zero-order chi connectivity index (χ0) is 13.9. The Kier molecular flexibility index (Phi) is 3.99. The number of thioether (sulfide) groups is 1. The number of aliphatic hydroxyl groups excluding tert-OH is 1. The number of aliphatic hydroxyl groups is 1. The van der Waals surface area contributed by atoms with Gasteiger partial charge in [0.2, 0.25) is 0 Å². The molecule has 0 aliphatic carbocycles. The maximum absolute atomic E-state index is 9.77. The molecule has 1 aliphatic heterocycles. The number of rotatable bonds is 4. The minimum atomic E-state index is -0.503. The van der Waals surface area contributed by atoms with Crippen molar-refractivity contribution < 1.29 is 9.84 Å². The molecule has 1 N–H and O–H groups in total. The lowest BCUT2D eigenvalue weighted by Crippen LogP contribution is -2.11. The third-order valence-electron chi connectivity index (χ3n) is 3.61. The van der Waals surface area contributed by atoms with Crippen LogP contribution in [0.4, 0.5) is 0 Å². The second-order valence-corrected chi connectivity index (χ2v) is 6.13. The molecule has 2 nitrogen and oxygen atoms in total. The van der Waals surface area contributed by atoms with Crippen LogP contribution in [0.3, 0.4) is 0 Å². The largest absolute Gasteiger partial charge is 0.493 e. The summed E-state index contributed by atoms with van der Waals surface area (Å²) >= 11 is 1.89. The summed E-state index contributed by atoms with van der Waals surface area (Å²) in [7, 11) is 0. The molecule has 2 aromatic carbocycles. The first kappa shape index (κ1) is 13.5. The average molecular weight is 286 g/mol. The normalized spacial score (nSPS) is 18.6. The summed E-state index contributed by atoms with van der Waals surface area (Å²) < 4.78 is 5.97. The number of fused-ring (bicyclic) bond motifs is 1. The average Bonchev–Trinajstić information content (AvgIpc) is 2.88. The van der Waals surface area contributed by atoms with Crippen LogP contribution in [0.1, 0.15) is 30.1 Å². The Balaban J connectivity index is 1.72. The highest BCUT2D eigenvalue weighted by atomic mass is 32.2. The summed E-state index contributed by atoms with van der Waals surface area (Å²) in [4.78, 5) is 1.37. The maximum atomic E-state index is 9.77. The Bertz CT molecular complexity index is 595. The van der Waals surface area contributed by atoms with Crippen LogP contribution in [0, 0.1) is 0 Å². The summed E-state index contributed by atoms with van der Waals surface area (Å²) in [5.74, 6) is 2.28. The van der Waals surface area contributed by atoms with Crippen LogP contribution in [-0.2, 0) is 0 Å². The van der Waals surface area contributed by atoms with Gasteiger partial charge in [-0.1, -0.05) is 36.4 Å². The van der Waals surface area contributed by atoms with Gasteiger partial charge in [-0.15, -0.1) is 11.8 Å². The van der Waals surface area contributed by atoms with E-state index in [1.54, 1.807) is 6.92 Å². The molecule has 0 bridgehead atoms. The van der Waals surface area contributed by atoms with E-state index in [0.29, 0.717) is 12.5 Å². The van der Waals surface area contributed by atoms with Crippen LogP contribution in [0.15, 0.2) is 53.4 Å². The van der Waals surface area contributed by atoms with E-state index in [4.69, 9.17) is 4.74 Å². The highest BCUT2D eigenvalue weighted by Crippen LogP contribution is 2.39. The first-order valence-corrected chi connectivity index (χ1v) is 7.86. The van der Waals surface area contributed by atoms with Crippen molar-refractivity contribution in [3.63, 3.8) is 0 Å². The molecule has 2 aromatic rings. The predicted molar refractivity (Wildman–Crippen MR) is 82.5 cm³/mol. The van der Waals surface area contributed by atoms with Gasteiger partial charge in [-0.2, -0.15) is 0 Å². The summed E-state index contributed by atoms with van der Waals surface area (Å²) in [6.07, 6.45) is -0.503. The summed E-state index contributed by atoms with van der Waals surface area (Å²) in [6, 6.07) is 16.2. The summed E-state index contributed by atoms with van der Waals surface area (Å²) in [5, 5.41) is 9.77. The van der Waals surface area contributed by atoms with Crippen LogP contribution in [0.5, 0.6) is 5.75 Å². The second-order valence-electron chi connectivity index (χ2n) is 5.07. The molecule has 1 unspecified atom stereocenters. The standard InChI is InChI=1S/C17H18O2S/c1-12(18)14-6-2-4-8-16(14)19-10-13-11-20-17-9-5-3-7-15(13)17/h2-9,12-13,18H,10-11H2,1H3/t12-,13?/m0/s1. The number of hydrogen-bond donors (Lipinski definition) is 1. The molecule has 2 atom stereocenters. The zero-order valence-corrected chi connectivity index (χ0v) is 12.3. The molecular formula is C17H18O2S. The third kappa shape index (κ3) is 2.69. The fraction of sp³-hybridized carbons (Fsp3) is 0.294. The molecule has 0 saturated heterocycles. The zero-order valence-electron chi connectivity index (χ0n) is 11.5. The molecule has 0 fully saturated rings. The number of hydrogen-bond acceptors (Lipinski definition) is 3. The van der Waals surface area contributed by atoms with Crippen LogP contribution in [-0.4, -0.2) is 17.5 Å². The highest BCUT2D eigenvalue weighted by molar-refractivity contribution is 7.99. The molecule has 3 rings (SSSR count). The fourth-order valence-corrected chi connectivity index (χ4v) is 3.75. The molecule has 104 valence electrons. The van der Waals surface area contributed by atoms with Gasteiger partial charge in [-0.05, 0) is 24.6 Å². The van der Waals surface area contributed by atoms with E-state index in [1.807, 2.05) is 36.0 Å². The molecule has 20 heavy (non-hydrogen) atoms. The third-order valence-corrected chi connectivity index (χ3v) is 4.86. The van der Waals surface area contributed by atoms with Crippen molar-refractivity contribution in [1.29, 1.82) is 0 Å². The topological polar surface area (TPSA) is 29.5 Å². The summed E-state index contributed by atoms with van der Waals surface area (Å²) in [6.45, 7) is 2.43. The Morgan fingerprint density at radius 3 is 2.80 bits per heavy atom. The van der Waals surface area contributed by atoms with Crippen LogP contribution >= 0.6 is 11.8 Å². The smallest absolute Gasteiger partial charge is 0.125 e. The molecule has 0 spiro atoms. The van der Waals surface area contributed by atoms with Crippen molar-refractivity contribution >= 4 is 11.8 Å². The lowest BCUT2D eigenvalue weighted by Gasteiger charge is -2.16. The quantitative estimate of drug-likeness (QED) is 0.921. The molecule has 0 aromatic heterocycles. The Hall–Kier alpha value is -1.45. The van der Waals surface area contributed by atoms with Crippen molar-refractivity contribution in [1.82, 2.24) is 0 Å². The molecule has 3 heteroatoms. The molecule has 0 amide bonds. The van der Waals surface area contributed by atoms with Crippen molar-refractivity contribution in [2.75, 3.05) is 12.4 Å². The van der Waals surface area contributed by atoms with E-state index in [0.717, 1.165) is 17.1 Å². The van der Waals surface area contributed by atoms with Crippen LogP contribution < -0.4 is 4.74 Å². The lowest BCUT2D eigenvalue weighted by atomic mass is 10.0. The minimum Gasteiger partial charge on any atom is -0.493 e. The van der Waals surface area contributed by atoms with E-state index in [9.17, 15) is 5.11 Å². The van der Waals surface area contributed by atoms with Crippen LogP contribution in [0.2, 0.25) is 0 Å². The van der Waals surface area contributed by atoms with Gasteiger partial charge in [0.25, 0.3) is 0 Å². The molecule has 1 heterocycles. The van der Waals surface area contributed by atoms with E-state index in [-0.39, 0.29) is 0 Å². The van der Waals surface area contributed by atoms with Gasteiger partial charge < -0.3 is 9.84 Å². The molecular weight excluding hydrogens is 268 g/mol. The maximum Gasteiger partial charge on any atom is 0.125 e. The fourth-order valence-electron chi connectivity index (χ4n) is 2.51. The van der Waals surface area contributed by atoms with Crippen molar-refractivity contribution in [3.05, 3.63) is 59.7 Å². The first-order valence-electron chi connectivity index (χ1n) is 6.87. The minimum absolute atomic E-state index is 0.429. The van der Waals surface area contributed by atoms with Gasteiger partial charge >= 0.3 is 0 Å². The highest BCUT2D eigenvalue weighted by Gasteiger charge is 2.23. The number of benzene rings is 2. The van der Waals surface area contributed by atoms with Crippen molar-refractivity contribution in [2.24, 2.45) is 0 Å². The first-order chi connectivity index (χ1) is 9.75. The number of para-hydroxylation sites is 1. The lowest BCUT2D eigenvalue weighted by molar-refractivity contribution is 0.190. The van der Waals surface area contributed by atoms with Gasteiger partial charge in [0.15, 0.2) is 0 Å². The van der Waals surface area contributed by atoms with E-state index in [1.165, 1.54) is 10.5 Å². The van der Waals surface area contributed by atoms with E-state index >= 15 is 0 Å². The number of ether oxygens (including phenoxy) is 1. The second kappa shape index (κ2) is 5.90. The summed E-state index contributed by atoms with van der Waals surface area (Å²) in [5.41, 5.74) is 2.23. The molecule has 0 saturated carbocycles.